The fourth-order valence-electron chi connectivity index (χ4n) is 1.34. The first kappa shape index (κ1) is 9.21. The first-order valence-electron chi connectivity index (χ1n) is 4.03. The molecule has 3 amide bonds. The summed E-state index contributed by atoms with van der Waals surface area (Å²) in [5.74, 6) is -0.312. The molecule has 1 heterocycles. The normalized spacial score (nSPS) is 20.5. The molecule has 0 aliphatic carbocycles. The second-order valence-corrected chi connectivity index (χ2v) is 3.87. The Morgan fingerprint density at radius 3 is 2.64 bits per heavy atom. The smallest absolute Gasteiger partial charge is 0.322 e. The molecule has 1 atom stereocenters. The Morgan fingerprint density at radius 1 is 1.29 bits per heavy atom. The van der Waals surface area contributed by atoms with Crippen molar-refractivity contribution in [2.75, 3.05) is 0 Å². The van der Waals surface area contributed by atoms with E-state index in [1.54, 1.807) is 12.1 Å². The zero-order valence-electron chi connectivity index (χ0n) is 7.08. The summed E-state index contributed by atoms with van der Waals surface area (Å²) in [5, 5.41) is 4.71. The van der Waals surface area contributed by atoms with Crippen LogP contribution in [-0.2, 0) is 4.79 Å². The van der Waals surface area contributed by atoms with Crippen molar-refractivity contribution in [1.29, 1.82) is 0 Å². The summed E-state index contributed by atoms with van der Waals surface area (Å²) < 4.78 is 0.879. The maximum absolute atomic E-state index is 11.3. The van der Waals surface area contributed by atoms with Crippen LogP contribution in [0, 0.1) is 0 Å². The molecule has 1 aliphatic rings. The van der Waals surface area contributed by atoms with Gasteiger partial charge < -0.3 is 5.32 Å². The van der Waals surface area contributed by atoms with Crippen molar-refractivity contribution in [2.24, 2.45) is 0 Å². The van der Waals surface area contributed by atoms with Gasteiger partial charge in [0.2, 0.25) is 0 Å². The number of hydrogen-bond donors (Lipinski definition) is 2. The molecular weight excluding hydrogens is 248 g/mol. The molecule has 1 saturated heterocycles. The minimum atomic E-state index is -0.569. The van der Waals surface area contributed by atoms with Gasteiger partial charge in [-0.15, -0.1) is 0 Å². The molecule has 1 aliphatic heterocycles. The second-order valence-electron chi connectivity index (χ2n) is 2.95. The van der Waals surface area contributed by atoms with E-state index >= 15 is 0 Å². The zero-order chi connectivity index (χ0) is 10.1. The summed E-state index contributed by atoms with van der Waals surface area (Å²) in [5.41, 5.74) is 0.766. The van der Waals surface area contributed by atoms with Crippen LogP contribution in [0.4, 0.5) is 4.79 Å². The molecule has 5 heteroatoms. The Labute approximate surface area is 88.8 Å². The van der Waals surface area contributed by atoms with Crippen molar-refractivity contribution in [1.82, 2.24) is 10.6 Å². The Hall–Kier alpha value is -1.36. The molecule has 72 valence electrons. The third-order valence-corrected chi connectivity index (χ3v) is 2.45. The second kappa shape index (κ2) is 3.42. The van der Waals surface area contributed by atoms with Crippen LogP contribution in [0.5, 0.6) is 0 Å². The lowest BCUT2D eigenvalue weighted by molar-refractivity contribution is -0.120. The molecule has 0 aromatic heterocycles. The molecule has 1 aromatic carbocycles. The van der Waals surface area contributed by atoms with Crippen LogP contribution >= 0.6 is 15.9 Å². The van der Waals surface area contributed by atoms with Crippen LogP contribution in [0.3, 0.4) is 0 Å². The summed E-state index contributed by atoms with van der Waals surface area (Å²) in [6.07, 6.45) is 0. The average Bonchev–Trinajstić information content (AvgIpc) is 2.45. The SMILES string of the molecule is O=C1NC(=O)[C@@H](c2cccc(Br)c2)N1. The van der Waals surface area contributed by atoms with Gasteiger partial charge in [0.1, 0.15) is 6.04 Å². The van der Waals surface area contributed by atoms with Crippen LogP contribution < -0.4 is 10.6 Å². The Kier molecular flexibility index (Phi) is 2.25. The summed E-state index contributed by atoms with van der Waals surface area (Å²) in [6.45, 7) is 0. The topological polar surface area (TPSA) is 58.2 Å². The number of nitrogens with one attached hydrogen (secondary N) is 2. The molecule has 0 saturated carbocycles. The van der Waals surface area contributed by atoms with Gasteiger partial charge in [0, 0.05) is 4.47 Å². The van der Waals surface area contributed by atoms with Gasteiger partial charge in [0.05, 0.1) is 0 Å². The first-order valence-corrected chi connectivity index (χ1v) is 4.83. The van der Waals surface area contributed by atoms with Crippen molar-refractivity contribution in [2.45, 2.75) is 6.04 Å². The van der Waals surface area contributed by atoms with Gasteiger partial charge in [-0.2, -0.15) is 0 Å². The molecule has 4 nitrogen and oxygen atoms in total. The van der Waals surface area contributed by atoms with E-state index in [4.69, 9.17) is 0 Å². The number of hydrogen-bond acceptors (Lipinski definition) is 2. The van der Waals surface area contributed by atoms with Gasteiger partial charge in [0.25, 0.3) is 5.91 Å². The lowest BCUT2D eigenvalue weighted by Gasteiger charge is -2.06. The summed E-state index contributed by atoms with van der Waals surface area (Å²) in [6, 6.07) is 6.26. The predicted molar refractivity (Wildman–Crippen MR) is 53.6 cm³/mol. The molecule has 2 rings (SSSR count). The maximum atomic E-state index is 11.3. The minimum Gasteiger partial charge on any atom is -0.322 e. The average molecular weight is 255 g/mol. The van der Waals surface area contributed by atoms with Crippen LogP contribution in [-0.4, -0.2) is 11.9 Å². The van der Waals surface area contributed by atoms with E-state index in [1.807, 2.05) is 12.1 Å². The third kappa shape index (κ3) is 1.63. The van der Waals surface area contributed by atoms with Gasteiger partial charge >= 0.3 is 6.03 Å². The highest BCUT2D eigenvalue weighted by atomic mass is 79.9. The summed E-state index contributed by atoms with van der Waals surface area (Å²) in [7, 11) is 0. The number of urea groups is 1. The van der Waals surface area contributed by atoms with Crippen molar-refractivity contribution < 1.29 is 9.59 Å². The van der Waals surface area contributed by atoms with Crippen LogP contribution in [0.25, 0.3) is 0 Å². The van der Waals surface area contributed by atoms with E-state index in [9.17, 15) is 9.59 Å². The number of carbonyl (C=O) groups excluding carboxylic acids is 2. The highest BCUT2D eigenvalue weighted by molar-refractivity contribution is 9.10. The quantitative estimate of drug-likeness (QED) is 0.744. The zero-order valence-corrected chi connectivity index (χ0v) is 8.67. The molecule has 0 unspecified atom stereocenters. The largest absolute Gasteiger partial charge is 0.322 e. The van der Waals surface area contributed by atoms with E-state index in [-0.39, 0.29) is 5.91 Å². The van der Waals surface area contributed by atoms with E-state index in [1.165, 1.54) is 0 Å². The van der Waals surface area contributed by atoms with Crippen molar-refractivity contribution in [3.8, 4) is 0 Å². The summed E-state index contributed by atoms with van der Waals surface area (Å²) >= 11 is 3.30. The highest BCUT2D eigenvalue weighted by Crippen LogP contribution is 2.20. The number of benzene rings is 1. The van der Waals surface area contributed by atoms with Gasteiger partial charge in [-0.3, -0.25) is 10.1 Å². The fraction of sp³-hybridized carbons (Fsp3) is 0.111. The van der Waals surface area contributed by atoms with Crippen LogP contribution in [0.2, 0.25) is 0 Å². The predicted octanol–water partition coefficient (Wildman–Crippen LogP) is 1.33. The van der Waals surface area contributed by atoms with Crippen molar-refractivity contribution in [3.05, 3.63) is 34.3 Å². The minimum absolute atomic E-state index is 0.312. The molecule has 0 bridgehead atoms. The maximum Gasteiger partial charge on any atom is 0.322 e. The van der Waals surface area contributed by atoms with Gasteiger partial charge in [0.15, 0.2) is 0 Å². The van der Waals surface area contributed by atoms with Gasteiger partial charge in [-0.05, 0) is 17.7 Å². The fourth-order valence-corrected chi connectivity index (χ4v) is 1.75. The van der Waals surface area contributed by atoms with E-state index in [0.717, 1.165) is 10.0 Å². The highest BCUT2D eigenvalue weighted by Gasteiger charge is 2.30. The van der Waals surface area contributed by atoms with Gasteiger partial charge in [-0.25, -0.2) is 4.79 Å². The first-order chi connectivity index (χ1) is 6.66. The molecular formula is C9H7BrN2O2. The van der Waals surface area contributed by atoms with Crippen molar-refractivity contribution in [3.63, 3.8) is 0 Å². The number of rotatable bonds is 1. The molecule has 0 spiro atoms. The molecule has 1 fully saturated rings. The Balaban J connectivity index is 2.31. The van der Waals surface area contributed by atoms with Crippen LogP contribution in [0.1, 0.15) is 11.6 Å². The Bertz CT molecular complexity index is 406. The van der Waals surface area contributed by atoms with E-state index in [2.05, 4.69) is 26.6 Å². The van der Waals surface area contributed by atoms with Crippen molar-refractivity contribution >= 4 is 27.9 Å². The molecule has 14 heavy (non-hydrogen) atoms. The lowest BCUT2D eigenvalue weighted by Crippen LogP contribution is -2.22. The monoisotopic (exact) mass is 254 g/mol. The summed E-state index contributed by atoms with van der Waals surface area (Å²) in [4.78, 5) is 22.2. The van der Waals surface area contributed by atoms with Crippen LogP contribution in [0.15, 0.2) is 28.7 Å². The Morgan fingerprint density at radius 2 is 2.07 bits per heavy atom. The molecule has 1 aromatic rings. The van der Waals surface area contributed by atoms with E-state index < -0.39 is 12.1 Å². The third-order valence-electron chi connectivity index (χ3n) is 1.96. The standard InChI is InChI=1S/C9H7BrN2O2/c10-6-3-1-2-5(4-6)7-8(13)12-9(14)11-7/h1-4,7H,(H2,11,12,13,14)/t7-/m1/s1. The number of imide groups is 1. The molecule has 2 N–H and O–H groups in total. The lowest BCUT2D eigenvalue weighted by atomic mass is 10.1. The number of halogens is 1. The number of carbonyl (C=O) groups is 2. The van der Waals surface area contributed by atoms with E-state index in [0.29, 0.717) is 0 Å². The number of amides is 3. The molecule has 0 radical (unpaired) electrons. The van der Waals surface area contributed by atoms with Gasteiger partial charge in [-0.1, -0.05) is 28.1 Å².